The Labute approximate surface area is 380 Å². The summed E-state index contributed by atoms with van der Waals surface area (Å²) in [5, 5.41) is 50.1. The Kier molecular flexibility index (Phi) is 13.7. The van der Waals surface area contributed by atoms with E-state index in [1.54, 1.807) is 73.0 Å². The third-order valence-corrected chi connectivity index (χ3v) is 12.0. The molecule has 0 radical (unpaired) electrons. The Morgan fingerprint density at radius 2 is 1.11 bits per heavy atom. The molecule has 0 aliphatic rings. The van der Waals surface area contributed by atoms with Crippen LogP contribution in [0.5, 0.6) is 0 Å². The quantitative estimate of drug-likeness (QED) is 0.0960. The summed E-state index contributed by atoms with van der Waals surface area (Å²) >= 11 is 36.5. The first-order valence-electron chi connectivity index (χ1n) is 18.7. The number of aliphatic hydroxyl groups is 2. The number of rotatable bonds is 11. The summed E-state index contributed by atoms with van der Waals surface area (Å²) in [5.74, 6) is 2.54. The van der Waals surface area contributed by atoms with E-state index in [0.717, 1.165) is 27.6 Å². The number of aryl methyl sites for hydroxylation is 1. The molecule has 2 atom stereocenters. The number of imidazole rings is 2. The number of terminal acetylenes is 1. The number of nitrogens with zero attached hydrogens (tertiary/aromatic N) is 7. The first-order chi connectivity index (χ1) is 29.2. The van der Waals surface area contributed by atoms with Crippen molar-refractivity contribution in [1.29, 1.82) is 10.8 Å². The molecule has 3 heterocycles. The maximum absolute atomic E-state index is 10.9. The predicted molar refractivity (Wildman–Crippen MR) is 243 cm³/mol. The monoisotopic (exact) mass is 933 g/mol. The van der Waals surface area contributed by atoms with Gasteiger partial charge in [0, 0.05) is 10.0 Å². The molecule has 0 saturated carbocycles. The highest BCUT2D eigenvalue weighted by atomic mass is 35.5. The van der Waals surface area contributed by atoms with E-state index >= 15 is 0 Å². The largest absolute Gasteiger partial charge is 0.387 e. The highest BCUT2D eigenvalue weighted by Crippen LogP contribution is 2.29. The van der Waals surface area contributed by atoms with Crippen molar-refractivity contribution in [2.45, 2.75) is 51.9 Å². The molecule has 2 unspecified atom stereocenters. The summed E-state index contributed by atoms with van der Waals surface area (Å²) in [6.45, 7) is 3.56. The Hall–Kier alpha value is -5.00. The average molecular weight is 937 g/mol. The molecule has 8 aromatic rings. The van der Waals surface area contributed by atoms with Gasteiger partial charge in [-0.15, -0.1) is 11.5 Å². The summed E-state index contributed by atoms with van der Waals surface area (Å²) in [5.41, 5.74) is 7.73. The standard InChI is InChI=1S/C26H23Cl3N6O.C18H14Cl3N3O/c1-16-2-4-17(5-3-16)12-33-13-20(31-32-33)14-34-24-11-19(27)7-9-23(24)35(26(34)30)15-25(36)18-6-8-21(28)22(29)10-18;1-2-7-23-16-9-12(19)4-6-15(16)24(18(23)22)10-17(25)11-3-5-13(20)14(21)8-11/h2-11,13,25,30,36H,12,14-15H2,1H3;1,3-6,8-9,17,22,25H,7,10H2. The van der Waals surface area contributed by atoms with Gasteiger partial charge in [-0.05, 0) is 84.3 Å². The molecule has 0 fully saturated rings. The second-order valence-corrected chi connectivity index (χ2v) is 16.8. The van der Waals surface area contributed by atoms with E-state index in [9.17, 15) is 10.2 Å². The van der Waals surface area contributed by atoms with Gasteiger partial charge in [0.1, 0.15) is 5.69 Å². The van der Waals surface area contributed by atoms with Gasteiger partial charge in [0.15, 0.2) is 0 Å². The first kappa shape index (κ1) is 44.1. The van der Waals surface area contributed by atoms with Crippen LogP contribution in [0.15, 0.2) is 103 Å². The minimum absolute atomic E-state index is 0.155. The van der Waals surface area contributed by atoms with Gasteiger partial charge in [-0.3, -0.25) is 15.4 Å². The van der Waals surface area contributed by atoms with Gasteiger partial charge >= 0.3 is 0 Å². The molecule has 0 aliphatic heterocycles. The number of hydrogen-bond acceptors (Lipinski definition) is 6. The Balaban J connectivity index is 0.000000197. The molecule has 312 valence electrons. The van der Waals surface area contributed by atoms with Crippen LogP contribution in [0, 0.1) is 30.1 Å². The lowest BCUT2D eigenvalue weighted by molar-refractivity contribution is 0.155. The van der Waals surface area contributed by atoms with Crippen molar-refractivity contribution < 1.29 is 10.2 Å². The first-order valence-corrected chi connectivity index (χ1v) is 21.0. The molecule has 17 heteroatoms. The van der Waals surface area contributed by atoms with Crippen LogP contribution in [0.25, 0.3) is 22.1 Å². The Morgan fingerprint density at radius 1 is 0.607 bits per heavy atom. The second-order valence-electron chi connectivity index (χ2n) is 14.3. The molecule has 0 spiro atoms. The van der Waals surface area contributed by atoms with E-state index in [0.29, 0.717) is 60.0 Å². The molecule has 0 aliphatic carbocycles. The molecular weight excluding hydrogens is 899 g/mol. The van der Waals surface area contributed by atoms with E-state index in [1.165, 1.54) is 5.56 Å². The molecular formula is C44H37Cl6N9O2. The lowest BCUT2D eigenvalue weighted by atomic mass is 10.1. The highest BCUT2D eigenvalue weighted by molar-refractivity contribution is 6.42. The number of halogens is 6. The van der Waals surface area contributed by atoms with Crippen molar-refractivity contribution >= 4 is 91.7 Å². The van der Waals surface area contributed by atoms with Gasteiger partial charge in [0.25, 0.3) is 0 Å². The number of aliphatic hydroxyl groups excluding tert-OH is 2. The summed E-state index contributed by atoms with van der Waals surface area (Å²) in [4.78, 5) is 0. The predicted octanol–water partition coefficient (Wildman–Crippen LogP) is 9.86. The topological polar surface area (TPSA) is 139 Å². The maximum atomic E-state index is 10.9. The summed E-state index contributed by atoms with van der Waals surface area (Å²) in [7, 11) is 0. The van der Waals surface area contributed by atoms with Crippen molar-refractivity contribution in [2.75, 3.05) is 0 Å². The smallest absolute Gasteiger partial charge is 0.203 e. The molecule has 4 N–H and O–H groups in total. The molecule has 0 saturated heterocycles. The van der Waals surface area contributed by atoms with Crippen LogP contribution < -0.4 is 11.2 Å². The normalized spacial score (nSPS) is 12.3. The fourth-order valence-electron chi connectivity index (χ4n) is 6.94. The van der Waals surface area contributed by atoms with Gasteiger partial charge in [-0.2, -0.15) is 0 Å². The third kappa shape index (κ3) is 9.89. The number of hydrogen-bond donors (Lipinski definition) is 4. The molecule has 3 aromatic heterocycles. The fourth-order valence-corrected chi connectivity index (χ4v) is 7.88. The van der Waals surface area contributed by atoms with E-state index < -0.39 is 12.2 Å². The number of nitrogens with one attached hydrogen (secondary N) is 2. The number of benzene rings is 5. The van der Waals surface area contributed by atoms with Gasteiger partial charge in [-0.25, -0.2) is 4.68 Å². The Morgan fingerprint density at radius 3 is 1.62 bits per heavy atom. The SMILES string of the molecule is C#CCn1c(=N)n(CC(O)c2ccc(Cl)c(Cl)c2)c2ccc(Cl)cc21.Cc1ccc(Cn2cc(Cn3c(=N)n(CC(O)c4ccc(Cl)c(Cl)c4)c4ccc(Cl)cc43)nn2)cc1. The van der Waals surface area contributed by atoms with Crippen molar-refractivity contribution in [2.24, 2.45) is 0 Å². The number of fused-ring (bicyclic) bond motifs is 2. The van der Waals surface area contributed by atoms with E-state index in [-0.39, 0.29) is 30.9 Å². The van der Waals surface area contributed by atoms with E-state index in [2.05, 4.69) is 47.4 Å². The fraction of sp³-hybridized carbons (Fsp3) is 0.182. The van der Waals surface area contributed by atoms with Gasteiger partial charge < -0.3 is 23.9 Å². The van der Waals surface area contributed by atoms with Crippen molar-refractivity contribution in [3.63, 3.8) is 0 Å². The number of aromatic nitrogens is 7. The lowest BCUT2D eigenvalue weighted by Gasteiger charge is -2.13. The van der Waals surface area contributed by atoms with Crippen molar-refractivity contribution in [3.05, 3.63) is 173 Å². The van der Waals surface area contributed by atoms with Crippen LogP contribution in [-0.2, 0) is 32.7 Å². The Bertz CT molecular complexity index is 3050. The molecule has 61 heavy (non-hydrogen) atoms. The lowest BCUT2D eigenvalue weighted by Crippen LogP contribution is -2.27. The zero-order chi connectivity index (χ0) is 43.5. The summed E-state index contributed by atoms with van der Waals surface area (Å²) in [6.07, 6.45) is 5.55. The molecule has 5 aromatic carbocycles. The molecule has 0 amide bonds. The molecule has 11 nitrogen and oxygen atoms in total. The van der Waals surface area contributed by atoms with E-state index in [1.807, 2.05) is 29.0 Å². The minimum atomic E-state index is -0.890. The second kappa shape index (κ2) is 18.9. The summed E-state index contributed by atoms with van der Waals surface area (Å²) < 4.78 is 8.70. The van der Waals surface area contributed by atoms with Crippen LogP contribution in [-0.4, -0.2) is 43.5 Å². The van der Waals surface area contributed by atoms with Crippen LogP contribution in [0.3, 0.4) is 0 Å². The average Bonchev–Trinajstić information content (AvgIpc) is 3.86. The van der Waals surface area contributed by atoms with Crippen LogP contribution >= 0.6 is 69.6 Å². The highest BCUT2D eigenvalue weighted by Gasteiger charge is 2.19. The minimum Gasteiger partial charge on any atom is -0.387 e. The van der Waals surface area contributed by atoms with Gasteiger partial charge in [0.2, 0.25) is 11.2 Å². The zero-order valence-corrected chi connectivity index (χ0v) is 36.9. The summed E-state index contributed by atoms with van der Waals surface area (Å²) in [6, 6.07) is 29.0. The van der Waals surface area contributed by atoms with Crippen LogP contribution in [0.2, 0.25) is 30.1 Å². The van der Waals surface area contributed by atoms with Crippen LogP contribution in [0.1, 0.15) is 40.2 Å². The zero-order valence-electron chi connectivity index (χ0n) is 32.4. The van der Waals surface area contributed by atoms with Gasteiger partial charge in [0.05, 0.1) is 93.3 Å². The molecule has 8 rings (SSSR count). The van der Waals surface area contributed by atoms with Crippen LogP contribution in [0.4, 0.5) is 0 Å². The van der Waals surface area contributed by atoms with Crippen molar-refractivity contribution in [3.8, 4) is 12.3 Å². The molecule has 0 bridgehead atoms. The third-order valence-electron chi connectivity index (χ3n) is 10.0. The maximum Gasteiger partial charge on any atom is 0.203 e. The van der Waals surface area contributed by atoms with Gasteiger partial charge in [-0.1, -0.05) is 123 Å². The van der Waals surface area contributed by atoms with Crippen molar-refractivity contribution in [1.82, 2.24) is 33.3 Å². The van der Waals surface area contributed by atoms with E-state index in [4.69, 9.17) is 86.8 Å².